The molecule has 0 aromatic carbocycles. The molecule has 0 fully saturated rings. The van der Waals surface area contributed by atoms with Crippen LogP contribution in [0.5, 0.6) is 0 Å². The molecule has 0 saturated carbocycles. The lowest BCUT2D eigenvalue weighted by atomic mass is 10.6. The van der Waals surface area contributed by atoms with E-state index in [0.29, 0.717) is 0 Å². The van der Waals surface area contributed by atoms with Gasteiger partial charge >= 0.3 is 0 Å². The molecule has 1 nitrogen and oxygen atoms in total. The Morgan fingerprint density at radius 3 is 2.20 bits per heavy atom. The molecular weight excluding hydrogens is 156 g/mol. The molecule has 0 unspecified atom stereocenters. The van der Waals surface area contributed by atoms with Gasteiger partial charge in [0.2, 0.25) is 0 Å². The monoisotopic (exact) mass is 178 g/mol. The van der Waals surface area contributed by atoms with Crippen molar-refractivity contribution in [2.75, 3.05) is 0 Å². The van der Waals surface area contributed by atoms with E-state index >= 15 is 0 Å². The fourth-order valence-electron chi connectivity index (χ4n) is 1.06. The van der Waals surface area contributed by atoms with Crippen molar-refractivity contribution in [2.24, 2.45) is 0 Å². The van der Waals surface area contributed by atoms with Crippen LogP contribution < -0.4 is 0 Å². The van der Waals surface area contributed by atoms with Crippen LogP contribution in [-0.4, -0.2) is 18.1 Å². The molecule has 3 heteroatoms. The molecule has 0 N–H and O–H groups in total. The molecule has 0 heterocycles. The van der Waals surface area contributed by atoms with E-state index in [2.05, 4.69) is 26.6 Å². The number of rotatable bonds is 4. The van der Waals surface area contributed by atoms with Crippen molar-refractivity contribution in [1.82, 2.24) is 0 Å². The molecule has 0 radical (unpaired) electrons. The standard InChI is InChI=1S/C6H18OSi2.CH4/c1-5-6-9(3,4)7-8-2;/h5-6,8H2,1-4H3;1H4. The summed E-state index contributed by atoms with van der Waals surface area (Å²) in [6.07, 6.45) is 1.29. The zero-order valence-electron chi connectivity index (χ0n) is 7.03. The Hall–Kier alpha value is 0.394. The molecule has 0 amide bonds. The van der Waals surface area contributed by atoms with Gasteiger partial charge in [0.15, 0.2) is 8.32 Å². The van der Waals surface area contributed by atoms with Crippen LogP contribution in [-0.2, 0) is 4.12 Å². The lowest BCUT2D eigenvalue weighted by molar-refractivity contribution is 0.587. The van der Waals surface area contributed by atoms with Crippen LogP contribution in [0.3, 0.4) is 0 Å². The van der Waals surface area contributed by atoms with Gasteiger partial charge in [-0.2, -0.15) is 0 Å². The van der Waals surface area contributed by atoms with Crippen LogP contribution in [0.2, 0.25) is 25.7 Å². The minimum Gasteiger partial charge on any atom is -0.461 e. The normalized spacial score (nSPS) is 12.0. The lowest BCUT2D eigenvalue weighted by Gasteiger charge is -2.21. The maximum atomic E-state index is 5.75. The van der Waals surface area contributed by atoms with Crippen LogP contribution in [0.4, 0.5) is 0 Å². The molecular formula is C7H22OSi2. The first-order valence-electron chi connectivity index (χ1n) is 3.76. The fraction of sp³-hybridized carbons (Fsp3) is 1.00. The Morgan fingerprint density at radius 2 is 1.90 bits per heavy atom. The first kappa shape index (κ1) is 13.0. The molecule has 0 saturated heterocycles. The smallest absolute Gasteiger partial charge is 0.172 e. The van der Waals surface area contributed by atoms with Crippen molar-refractivity contribution in [1.29, 1.82) is 0 Å². The highest BCUT2D eigenvalue weighted by Crippen LogP contribution is 2.11. The van der Waals surface area contributed by atoms with Crippen LogP contribution in [0.15, 0.2) is 0 Å². The summed E-state index contributed by atoms with van der Waals surface area (Å²) in [7, 11) is -1.29. The number of hydrogen-bond donors (Lipinski definition) is 0. The van der Waals surface area contributed by atoms with Crippen molar-refractivity contribution in [2.45, 2.75) is 46.5 Å². The van der Waals surface area contributed by atoms with E-state index in [9.17, 15) is 0 Å². The average Bonchev–Trinajstić information content (AvgIpc) is 1.64. The molecule has 0 aliphatic rings. The maximum Gasteiger partial charge on any atom is 0.172 e. The summed E-state index contributed by atoms with van der Waals surface area (Å²) >= 11 is 0. The van der Waals surface area contributed by atoms with Crippen molar-refractivity contribution < 1.29 is 4.12 Å². The third-order valence-electron chi connectivity index (χ3n) is 1.39. The highest BCUT2D eigenvalue weighted by atomic mass is 28.4. The van der Waals surface area contributed by atoms with Crippen molar-refractivity contribution in [3.8, 4) is 0 Å². The van der Waals surface area contributed by atoms with E-state index in [4.69, 9.17) is 4.12 Å². The van der Waals surface area contributed by atoms with Gasteiger partial charge in [0.25, 0.3) is 0 Å². The van der Waals surface area contributed by atoms with Gasteiger partial charge in [0, 0.05) is 0 Å². The highest BCUT2D eigenvalue weighted by Gasteiger charge is 2.18. The molecule has 0 atom stereocenters. The van der Waals surface area contributed by atoms with E-state index in [1.165, 1.54) is 12.5 Å². The fourth-order valence-corrected chi connectivity index (χ4v) is 5.97. The average molecular weight is 178 g/mol. The van der Waals surface area contributed by atoms with E-state index in [0.717, 1.165) is 0 Å². The van der Waals surface area contributed by atoms with Gasteiger partial charge in [-0.05, 0) is 19.1 Å². The second-order valence-electron chi connectivity index (χ2n) is 2.94. The first-order valence-corrected chi connectivity index (χ1v) is 8.87. The van der Waals surface area contributed by atoms with Gasteiger partial charge in [-0.25, -0.2) is 0 Å². The Morgan fingerprint density at radius 1 is 1.40 bits per heavy atom. The summed E-state index contributed by atoms with van der Waals surface area (Å²) in [4.78, 5) is 0. The van der Waals surface area contributed by atoms with Crippen molar-refractivity contribution in [3.63, 3.8) is 0 Å². The zero-order chi connectivity index (χ0) is 7.33. The van der Waals surface area contributed by atoms with E-state index in [1.807, 2.05) is 0 Å². The predicted octanol–water partition coefficient (Wildman–Crippen LogP) is 2.39. The topological polar surface area (TPSA) is 9.23 Å². The minimum atomic E-state index is -1.14. The molecule has 0 spiro atoms. The Bertz CT molecular complexity index is 66.0. The summed E-state index contributed by atoms with van der Waals surface area (Å²) in [5.74, 6) is 0. The van der Waals surface area contributed by atoms with Gasteiger partial charge < -0.3 is 4.12 Å². The Kier molecular flexibility index (Phi) is 7.98. The van der Waals surface area contributed by atoms with E-state index in [1.54, 1.807) is 0 Å². The molecule has 0 aliphatic carbocycles. The van der Waals surface area contributed by atoms with Gasteiger partial charge in [0.05, 0.1) is 0 Å². The van der Waals surface area contributed by atoms with Gasteiger partial charge in [0.1, 0.15) is 9.76 Å². The first-order chi connectivity index (χ1) is 4.12. The molecule has 0 aliphatic heterocycles. The third-order valence-corrected chi connectivity index (χ3v) is 7.37. The summed E-state index contributed by atoms with van der Waals surface area (Å²) in [6.45, 7) is 9.07. The van der Waals surface area contributed by atoms with Gasteiger partial charge in [-0.1, -0.05) is 27.3 Å². The van der Waals surface area contributed by atoms with Crippen molar-refractivity contribution >= 4 is 18.1 Å². The minimum absolute atomic E-state index is 0. The van der Waals surface area contributed by atoms with Crippen LogP contribution in [0, 0.1) is 0 Å². The Balaban J connectivity index is 0. The van der Waals surface area contributed by atoms with Gasteiger partial charge in [-0.3, -0.25) is 0 Å². The quantitative estimate of drug-likeness (QED) is 0.601. The van der Waals surface area contributed by atoms with Crippen molar-refractivity contribution in [3.05, 3.63) is 0 Å². The predicted molar refractivity (Wildman–Crippen MR) is 54.8 cm³/mol. The second-order valence-corrected chi connectivity index (χ2v) is 8.69. The Labute approximate surface area is 69.3 Å². The summed E-state index contributed by atoms with van der Waals surface area (Å²) in [5.41, 5.74) is 0. The van der Waals surface area contributed by atoms with Crippen LogP contribution in [0.25, 0.3) is 0 Å². The molecule has 64 valence electrons. The molecule has 0 rings (SSSR count). The summed E-state index contributed by atoms with van der Waals surface area (Å²) in [5, 5.41) is 0. The number of hydrogen-bond acceptors (Lipinski definition) is 1. The van der Waals surface area contributed by atoms with E-state index < -0.39 is 8.32 Å². The molecule has 0 aromatic rings. The largest absolute Gasteiger partial charge is 0.461 e. The molecule has 0 bridgehead atoms. The maximum absolute atomic E-state index is 5.75. The molecule has 0 aromatic heterocycles. The second kappa shape index (κ2) is 6.13. The van der Waals surface area contributed by atoms with E-state index in [-0.39, 0.29) is 17.2 Å². The summed E-state index contributed by atoms with van der Waals surface area (Å²) in [6, 6.07) is 1.33. The lowest BCUT2D eigenvalue weighted by Crippen LogP contribution is -2.30. The summed E-state index contributed by atoms with van der Waals surface area (Å²) < 4.78 is 5.75. The SMILES string of the molecule is C.CCC[Si](C)(C)O[SiH2]C. The van der Waals surface area contributed by atoms with Crippen LogP contribution in [0.1, 0.15) is 20.8 Å². The third kappa shape index (κ3) is 6.51. The highest BCUT2D eigenvalue weighted by molar-refractivity contribution is 6.74. The zero-order valence-corrected chi connectivity index (χ0v) is 9.44. The van der Waals surface area contributed by atoms with Gasteiger partial charge in [-0.15, -0.1) is 0 Å². The van der Waals surface area contributed by atoms with Crippen LogP contribution >= 0.6 is 0 Å². The molecule has 10 heavy (non-hydrogen) atoms.